The predicted molar refractivity (Wildman–Crippen MR) is 71.0 cm³/mol. The zero-order valence-corrected chi connectivity index (χ0v) is 11.4. The van der Waals surface area contributed by atoms with Gasteiger partial charge in [0.25, 0.3) is 0 Å². The van der Waals surface area contributed by atoms with Crippen LogP contribution in [0.3, 0.4) is 0 Å². The van der Waals surface area contributed by atoms with Gasteiger partial charge in [-0.15, -0.1) is 0 Å². The number of amides is 1. The maximum absolute atomic E-state index is 11.5. The molecule has 1 heterocycles. The lowest BCUT2D eigenvalue weighted by Gasteiger charge is -2.18. The molecule has 1 fully saturated rings. The standard InChI is InChI=1S/C13H27N3O/c1-10(2)8-16-13(17)9-15-11(3)7-12-5-4-6-14-12/h10-12,14-15H,4-9H2,1-3H3,(H,16,17). The number of carbonyl (C=O) groups excluding carboxylic acids is 1. The van der Waals surface area contributed by atoms with Gasteiger partial charge in [-0.25, -0.2) is 0 Å². The van der Waals surface area contributed by atoms with Gasteiger partial charge in [0.15, 0.2) is 0 Å². The van der Waals surface area contributed by atoms with Gasteiger partial charge in [-0.2, -0.15) is 0 Å². The zero-order chi connectivity index (χ0) is 12.7. The molecule has 17 heavy (non-hydrogen) atoms. The summed E-state index contributed by atoms with van der Waals surface area (Å²) in [5.74, 6) is 0.615. The van der Waals surface area contributed by atoms with Crippen molar-refractivity contribution in [1.29, 1.82) is 0 Å². The molecule has 0 aliphatic carbocycles. The first-order valence-electron chi connectivity index (χ1n) is 6.81. The number of carbonyl (C=O) groups is 1. The second kappa shape index (κ2) is 7.67. The van der Waals surface area contributed by atoms with Gasteiger partial charge in [0.05, 0.1) is 6.54 Å². The van der Waals surface area contributed by atoms with Gasteiger partial charge in [-0.1, -0.05) is 13.8 Å². The molecule has 2 atom stereocenters. The molecule has 0 aromatic rings. The minimum Gasteiger partial charge on any atom is -0.355 e. The van der Waals surface area contributed by atoms with E-state index < -0.39 is 0 Å². The molecule has 1 rings (SSSR count). The van der Waals surface area contributed by atoms with E-state index in [1.165, 1.54) is 12.8 Å². The molecule has 1 aliphatic heterocycles. The van der Waals surface area contributed by atoms with Crippen molar-refractivity contribution in [1.82, 2.24) is 16.0 Å². The van der Waals surface area contributed by atoms with Crippen molar-refractivity contribution in [3.8, 4) is 0 Å². The summed E-state index contributed by atoms with van der Waals surface area (Å²) in [5, 5.41) is 9.67. The first-order valence-corrected chi connectivity index (χ1v) is 6.81. The van der Waals surface area contributed by atoms with Crippen molar-refractivity contribution >= 4 is 5.91 Å². The molecule has 0 saturated carbocycles. The maximum atomic E-state index is 11.5. The van der Waals surface area contributed by atoms with E-state index in [2.05, 4.69) is 36.7 Å². The third-order valence-corrected chi connectivity index (χ3v) is 3.12. The Labute approximate surface area is 105 Å². The van der Waals surface area contributed by atoms with Crippen LogP contribution in [-0.2, 0) is 4.79 Å². The summed E-state index contributed by atoms with van der Waals surface area (Å²) in [6.45, 7) is 8.69. The Kier molecular flexibility index (Phi) is 6.52. The molecule has 4 heteroatoms. The van der Waals surface area contributed by atoms with Gasteiger partial charge >= 0.3 is 0 Å². The van der Waals surface area contributed by atoms with Crippen molar-refractivity contribution in [3.05, 3.63) is 0 Å². The first-order chi connectivity index (χ1) is 8.08. The molecule has 2 unspecified atom stereocenters. The Bertz CT molecular complexity index is 225. The lowest BCUT2D eigenvalue weighted by atomic mass is 10.1. The monoisotopic (exact) mass is 241 g/mol. The van der Waals surface area contributed by atoms with Crippen LogP contribution >= 0.6 is 0 Å². The predicted octanol–water partition coefficient (Wildman–Crippen LogP) is 0.879. The molecular formula is C13H27N3O. The second-order valence-corrected chi connectivity index (χ2v) is 5.51. The lowest BCUT2D eigenvalue weighted by molar-refractivity contribution is -0.120. The summed E-state index contributed by atoms with van der Waals surface area (Å²) in [6, 6.07) is 1.03. The number of hydrogen-bond donors (Lipinski definition) is 3. The number of hydrogen-bond acceptors (Lipinski definition) is 3. The average Bonchev–Trinajstić information content (AvgIpc) is 2.76. The topological polar surface area (TPSA) is 53.2 Å². The normalized spacial score (nSPS) is 21.8. The molecule has 1 aliphatic rings. The fourth-order valence-corrected chi connectivity index (χ4v) is 2.12. The number of rotatable bonds is 7. The van der Waals surface area contributed by atoms with Crippen LogP contribution in [0.4, 0.5) is 0 Å². The molecule has 0 aromatic heterocycles. The third-order valence-electron chi connectivity index (χ3n) is 3.12. The van der Waals surface area contributed by atoms with Crippen LogP contribution in [0.25, 0.3) is 0 Å². The largest absolute Gasteiger partial charge is 0.355 e. The highest BCUT2D eigenvalue weighted by Gasteiger charge is 2.17. The Hall–Kier alpha value is -0.610. The SMILES string of the molecule is CC(C)CNC(=O)CNC(C)CC1CCCN1. The van der Waals surface area contributed by atoms with Gasteiger partial charge < -0.3 is 16.0 Å². The molecular weight excluding hydrogens is 214 g/mol. The van der Waals surface area contributed by atoms with Crippen molar-refractivity contribution in [2.45, 2.75) is 52.1 Å². The van der Waals surface area contributed by atoms with E-state index >= 15 is 0 Å². The molecule has 0 bridgehead atoms. The van der Waals surface area contributed by atoms with E-state index in [-0.39, 0.29) is 5.91 Å². The van der Waals surface area contributed by atoms with E-state index in [9.17, 15) is 4.79 Å². The van der Waals surface area contributed by atoms with E-state index in [1.54, 1.807) is 0 Å². The van der Waals surface area contributed by atoms with Gasteiger partial charge in [0.1, 0.15) is 0 Å². The Morgan fingerprint density at radius 1 is 1.41 bits per heavy atom. The third kappa shape index (κ3) is 6.64. The first kappa shape index (κ1) is 14.5. The highest BCUT2D eigenvalue weighted by Crippen LogP contribution is 2.10. The quantitative estimate of drug-likeness (QED) is 0.620. The molecule has 3 N–H and O–H groups in total. The Morgan fingerprint density at radius 3 is 2.76 bits per heavy atom. The van der Waals surface area contributed by atoms with E-state index in [1.807, 2.05) is 0 Å². The number of nitrogens with one attached hydrogen (secondary N) is 3. The molecule has 0 spiro atoms. The maximum Gasteiger partial charge on any atom is 0.233 e. The minimum atomic E-state index is 0.102. The van der Waals surface area contributed by atoms with Gasteiger partial charge in [-0.05, 0) is 38.6 Å². The van der Waals surface area contributed by atoms with Crippen LogP contribution < -0.4 is 16.0 Å². The van der Waals surface area contributed by atoms with Crippen molar-refractivity contribution in [3.63, 3.8) is 0 Å². The van der Waals surface area contributed by atoms with Crippen LogP contribution in [0.2, 0.25) is 0 Å². The highest BCUT2D eigenvalue weighted by atomic mass is 16.1. The van der Waals surface area contributed by atoms with Crippen LogP contribution in [0, 0.1) is 5.92 Å². The Morgan fingerprint density at radius 2 is 2.18 bits per heavy atom. The van der Waals surface area contributed by atoms with Gasteiger partial charge in [0, 0.05) is 18.6 Å². The fourth-order valence-electron chi connectivity index (χ4n) is 2.12. The van der Waals surface area contributed by atoms with Gasteiger partial charge in [-0.3, -0.25) is 4.79 Å². The smallest absolute Gasteiger partial charge is 0.233 e. The van der Waals surface area contributed by atoms with Crippen LogP contribution in [-0.4, -0.2) is 37.6 Å². The van der Waals surface area contributed by atoms with Crippen molar-refractivity contribution in [2.24, 2.45) is 5.92 Å². The molecule has 0 radical (unpaired) electrons. The zero-order valence-electron chi connectivity index (χ0n) is 11.4. The molecule has 100 valence electrons. The summed E-state index contributed by atoms with van der Waals surface area (Å²) >= 11 is 0. The second-order valence-electron chi connectivity index (χ2n) is 5.51. The molecule has 1 saturated heterocycles. The van der Waals surface area contributed by atoms with Crippen molar-refractivity contribution < 1.29 is 4.79 Å². The van der Waals surface area contributed by atoms with E-state index in [4.69, 9.17) is 0 Å². The average molecular weight is 241 g/mol. The minimum absolute atomic E-state index is 0.102. The van der Waals surface area contributed by atoms with Crippen LogP contribution in [0.1, 0.15) is 40.0 Å². The fraction of sp³-hybridized carbons (Fsp3) is 0.923. The van der Waals surface area contributed by atoms with Crippen molar-refractivity contribution in [2.75, 3.05) is 19.6 Å². The summed E-state index contributed by atoms with van der Waals surface area (Å²) in [7, 11) is 0. The molecule has 0 aromatic carbocycles. The molecule has 1 amide bonds. The molecule has 4 nitrogen and oxygen atoms in total. The summed E-state index contributed by atoms with van der Waals surface area (Å²) in [6.07, 6.45) is 3.66. The summed E-state index contributed by atoms with van der Waals surface area (Å²) in [4.78, 5) is 11.5. The summed E-state index contributed by atoms with van der Waals surface area (Å²) < 4.78 is 0. The van der Waals surface area contributed by atoms with E-state index in [0.717, 1.165) is 19.5 Å². The highest BCUT2D eigenvalue weighted by molar-refractivity contribution is 5.77. The Balaban J connectivity index is 2.05. The van der Waals surface area contributed by atoms with E-state index in [0.29, 0.717) is 24.5 Å². The van der Waals surface area contributed by atoms with Gasteiger partial charge in [0.2, 0.25) is 5.91 Å². The van der Waals surface area contributed by atoms with Crippen LogP contribution in [0.15, 0.2) is 0 Å². The summed E-state index contributed by atoms with van der Waals surface area (Å²) in [5.41, 5.74) is 0. The lowest BCUT2D eigenvalue weighted by Crippen LogP contribution is -2.41. The van der Waals surface area contributed by atoms with Crippen LogP contribution in [0.5, 0.6) is 0 Å².